The number of amides is 1. The first-order valence-electron chi connectivity index (χ1n) is 10.7. The van der Waals surface area contributed by atoms with Gasteiger partial charge >= 0.3 is 0 Å². The number of hydrogen-bond donors (Lipinski definition) is 2. The number of hydrogen-bond acceptors (Lipinski definition) is 5. The number of ether oxygens (including phenoxy) is 1. The molecule has 2 N–H and O–H groups in total. The summed E-state index contributed by atoms with van der Waals surface area (Å²) in [5, 5.41) is 5.26. The van der Waals surface area contributed by atoms with Crippen LogP contribution in [0.4, 0.5) is 8.78 Å². The normalized spacial score (nSPS) is 17.9. The molecular weight excluding hydrogens is 430 g/mol. The molecule has 1 saturated heterocycles. The highest BCUT2D eigenvalue weighted by Crippen LogP contribution is 2.34. The van der Waals surface area contributed by atoms with Crippen LogP contribution in [0.2, 0.25) is 0 Å². The van der Waals surface area contributed by atoms with Gasteiger partial charge in [0, 0.05) is 37.4 Å². The van der Waals surface area contributed by atoms with Crippen LogP contribution in [0.5, 0.6) is 0 Å². The molecule has 0 aliphatic carbocycles. The lowest BCUT2D eigenvalue weighted by atomic mass is 10.1. The van der Waals surface area contributed by atoms with Crippen LogP contribution >= 0.6 is 0 Å². The minimum Gasteiger partial charge on any atom is -0.449 e. The highest BCUT2D eigenvalue weighted by atomic mass is 19.1. The third-order valence-corrected chi connectivity index (χ3v) is 5.66. The van der Waals surface area contributed by atoms with Crippen molar-refractivity contribution in [3.05, 3.63) is 78.1 Å². The molecule has 4 heterocycles. The fourth-order valence-electron chi connectivity index (χ4n) is 3.97. The van der Waals surface area contributed by atoms with Crippen LogP contribution in [0.3, 0.4) is 0 Å². The van der Waals surface area contributed by atoms with Gasteiger partial charge in [-0.1, -0.05) is 0 Å². The predicted octanol–water partition coefficient (Wildman–Crippen LogP) is 4.01. The van der Waals surface area contributed by atoms with Gasteiger partial charge in [0.2, 0.25) is 0 Å². The van der Waals surface area contributed by atoms with Crippen molar-refractivity contribution in [2.24, 2.45) is 5.92 Å². The van der Waals surface area contributed by atoms with Crippen LogP contribution in [-0.4, -0.2) is 35.2 Å². The minimum atomic E-state index is -0.559. The van der Waals surface area contributed by atoms with Gasteiger partial charge in [-0.2, -0.15) is 0 Å². The molecule has 3 aromatic rings. The maximum Gasteiger partial charge on any atom is 0.291 e. The highest BCUT2D eigenvalue weighted by Gasteiger charge is 2.24. The predicted molar refractivity (Wildman–Crippen MR) is 117 cm³/mol. The molecule has 9 heteroatoms. The van der Waals surface area contributed by atoms with E-state index in [4.69, 9.17) is 9.15 Å². The van der Waals surface area contributed by atoms with Gasteiger partial charge in [-0.3, -0.25) is 4.79 Å². The van der Waals surface area contributed by atoms with Crippen LogP contribution in [0.1, 0.15) is 17.0 Å². The second kappa shape index (κ2) is 9.03. The molecule has 33 heavy (non-hydrogen) atoms. The average Bonchev–Trinajstić information content (AvgIpc) is 3.57. The van der Waals surface area contributed by atoms with Crippen LogP contribution in [0, 0.1) is 11.7 Å². The zero-order valence-electron chi connectivity index (χ0n) is 17.7. The van der Waals surface area contributed by atoms with E-state index < -0.39 is 11.7 Å². The summed E-state index contributed by atoms with van der Waals surface area (Å²) in [7, 11) is 0. The Morgan fingerprint density at radius 3 is 2.82 bits per heavy atom. The number of allylic oxidation sites excluding steroid dienone is 1. The molecule has 1 amide bonds. The van der Waals surface area contributed by atoms with E-state index in [0.717, 1.165) is 18.6 Å². The monoisotopic (exact) mass is 452 g/mol. The molecule has 1 atom stereocenters. The number of nitrogens with one attached hydrogen (secondary N) is 2. The van der Waals surface area contributed by atoms with Crippen LogP contribution in [0.15, 0.2) is 70.9 Å². The maximum absolute atomic E-state index is 13.9. The van der Waals surface area contributed by atoms with Crippen molar-refractivity contribution in [1.82, 2.24) is 20.2 Å². The van der Waals surface area contributed by atoms with E-state index in [2.05, 4.69) is 15.6 Å². The highest BCUT2D eigenvalue weighted by molar-refractivity contribution is 5.94. The molecule has 2 aliphatic rings. The fraction of sp³-hybridized carbons (Fsp3) is 0.250. The van der Waals surface area contributed by atoms with Crippen LogP contribution in [-0.2, 0) is 11.3 Å². The summed E-state index contributed by atoms with van der Waals surface area (Å²) >= 11 is 0. The molecule has 0 bridgehead atoms. The number of imidazole rings is 1. The zero-order chi connectivity index (χ0) is 22.8. The SMILES string of the molecule is O=C(NC1=CCNC=C1F)c1ccc(-c2c(-c3ccc(F)cc3)ncn2CC2CCOC2)o1. The van der Waals surface area contributed by atoms with Crippen molar-refractivity contribution in [2.75, 3.05) is 19.8 Å². The Balaban J connectivity index is 1.47. The van der Waals surface area contributed by atoms with Gasteiger partial charge in [0.1, 0.15) is 11.5 Å². The summed E-state index contributed by atoms with van der Waals surface area (Å²) in [6, 6.07) is 9.28. The first-order valence-corrected chi connectivity index (χ1v) is 10.7. The smallest absolute Gasteiger partial charge is 0.291 e. The molecule has 1 aromatic carbocycles. The second-order valence-corrected chi connectivity index (χ2v) is 7.97. The summed E-state index contributed by atoms with van der Waals surface area (Å²) in [6.45, 7) is 2.47. The van der Waals surface area contributed by atoms with E-state index in [1.807, 2.05) is 4.57 Å². The Bertz CT molecular complexity index is 1220. The average molecular weight is 452 g/mol. The maximum atomic E-state index is 13.9. The lowest BCUT2D eigenvalue weighted by molar-refractivity contribution is 0.0938. The molecule has 0 saturated carbocycles. The molecule has 170 valence electrons. The number of nitrogens with zero attached hydrogens (tertiary/aromatic N) is 2. The Hall–Kier alpha value is -3.72. The lowest BCUT2D eigenvalue weighted by Gasteiger charge is -2.13. The van der Waals surface area contributed by atoms with E-state index in [-0.39, 0.29) is 17.3 Å². The largest absolute Gasteiger partial charge is 0.449 e. The van der Waals surface area contributed by atoms with Gasteiger partial charge in [0.15, 0.2) is 17.3 Å². The van der Waals surface area contributed by atoms with Gasteiger partial charge in [0.05, 0.1) is 24.3 Å². The summed E-state index contributed by atoms with van der Waals surface area (Å²) in [5.41, 5.74) is 2.11. The van der Waals surface area contributed by atoms with Gasteiger partial charge < -0.3 is 24.4 Å². The van der Waals surface area contributed by atoms with E-state index in [1.54, 1.807) is 36.7 Å². The first kappa shape index (κ1) is 21.1. The number of benzene rings is 1. The number of aromatic nitrogens is 2. The van der Waals surface area contributed by atoms with Gasteiger partial charge in [0.25, 0.3) is 5.91 Å². The Morgan fingerprint density at radius 1 is 1.21 bits per heavy atom. The van der Waals surface area contributed by atoms with E-state index in [9.17, 15) is 13.6 Å². The minimum absolute atomic E-state index is 0.0410. The molecule has 0 spiro atoms. The molecular formula is C24H22F2N4O3. The lowest BCUT2D eigenvalue weighted by Crippen LogP contribution is -2.26. The summed E-state index contributed by atoms with van der Waals surface area (Å²) in [6.07, 6.45) is 5.40. The third-order valence-electron chi connectivity index (χ3n) is 5.66. The summed E-state index contributed by atoms with van der Waals surface area (Å²) in [5.74, 6) is -0.648. The zero-order valence-corrected chi connectivity index (χ0v) is 17.7. The summed E-state index contributed by atoms with van der Waals surface area (Å²) in [4.78, 5) is 17.2. The standard InChI is InChI=1S/C24H22F2N4O3/c25-17-3-1-16(2-4-17)22-23(30(14-28-22)12-15-8-10-32-13-15)20-5-6-21(33-20)24(31)29-19-7-9-27-11-18(19)26/h1-7,11,14-15,27H,8-10,12-13H2,(H,29,31). The molecule has 5 rings (SSSR count). The van der Waals surface area contributed by atoms with Crippen molar-refractivity contribution < 1.29 is 22.7 Å². The number of dihydropyridines is 1. The number of halogens is 2. The molecule has 1 unspecified atom stereocenters. The number of rotatable bonds is 6. The van der Waals surface area contributed by atoms with Crippen molar-refractivity contribution in [3.63, 3.8) is 0 Å². The van der Waals surface area contributed by atoms with E-state index in [1.165, 1.54) is 18.3 Å². The van der Waals surface area contributed by atoms with Crippen molar-refractivity contribution in [3.8, 4) is 22.7 Å². The third kappa shape index (κ3) is 4.45. The van der Waals surface area contributed by atoms with E-state index >= 15 is 0 Å². The number of carbonyl (C=O) groups excluding carboxylic acids is 1. The quantitative estimate of drug-likeness (QED) is 0.591. The topological polar surface area (TPSA) is 81.3 Å². The Labute approximate surface area is 188 Å². The second-order valence-electron chi connectivity index (χ2n) is 7.97. The van der Waals surface area contributed by atoms with Crippen LogP contribution in [0.25, 0.3) is 22.7 Å². The van der Waals surface area contributed by atoms with Gasteiger partial charge in [-0.05, 0) is 48.9 Å². The van der Waals surface area contributed by atoms with Gasteiger partial charge in [-0.15, -0.1) is 0 Å². The van der Waals surface area contributed by atoms with Crippen LogP contribution < -0.4 is 10.6 Å². The first-order chi connectivity index (χ1) is 16.1. The Morgan fingerprint density at radius 2 is 2.06 bits per heavy atom. The molecule has 2 aromatic heterocycles. The molecule has 7 nitrogen and oxygen atoms in total. The van der Waals surface area contributed by atoms with Gasteiger partial charge in [-0.25, -0.2) is 13.8 Å². The van der Waals surface area contributed by atoms with Crippen molar-refractivity contribution in [1.29, 1.82) is 0 Å². The molecule has 1 fully saturated rings. The van der Waals surface area contributed by atoms with Crippen molar-refractivity contribution in [2.45, 2.75) is 13.0 Å². The number of carbonyl (C=O) groups is 1. The molecule has 0 radical (unpaired) electrons. The molecule has 2 aliphatic heterocycles. The fourth-order valence-corrected chi connectivity index (χ4v) is 3.97. The number of furan rings is 1. The van der Waals surface area contributed by atoms with Crippen molar-refractivity contribution >= 4 is 5.91 Å². The summed E-state index contributed by atoms with van der Waals surface area (Å²) < 4.78 is 40.7. The Kier molecular flexibility index (Phi) is 5.78. The van der Waals surface area contributed by atoms with E-state index in [0.29, 0.717) is 42.8 Å².